The van der Waals surface area contributed by atoms with E-state index in [4.69, 9.17) is 6.11 Å². The standard InChI is InChI=1S/C14H13BrN4O/c1-20-10-4-2-9(3-5-10)6-16-13-12-11(15)7-17-14(12)19-8-18-13/h2-5,7-8H,6H2,1H3,(H2,16,17,18,19)/i7D. The number of halogens is 1. The van der Waals surface area contributed by atoms with Gasteiger partial charge in [0.25, 0.3) is 0 Å². The molecule has 0 fully saturated rings. The van der Waals surface area contributed by atoms with E-state index in [0.717, 1.165) is 16.7 Å². The number of methoxy groups -OCH3 is 1. The van der Waals surface area contributed by atoms with Gasteiger partial charge < -0.3 is 15.0 Å². The number of ether oxygens (including phenoxy) is 1. The van der Waals surface area contributed by atoms with Gasteiger partial charge in [0.15, 0.2) is 0 Å². The summed E-state index contributed by atoms with van der Waals surface area (Å²) in [7, 11) is 1.65. The topological polar surface area (TPSA) is 62.8 Å². The SMILES string of the molecule is [2H]c1[nH]c2ncnc(NCc3ccc(OC)cc3)c2c1Br. The fraction of sp³-hybridized carbons (Fsp3) is 0.143. The summed E-state index contributed by atoms with van der Waals surface area (Å²) in [5, 5.41) is 4.06. The van der Waals surface area contributed by atoms with Crippen LogP contribution in [0.3, 0.4) is 0 Å². The Morgan fingerprint density at radius 2 is 2.15 bits per heavy atom. The predicted octanol–water partition coefficient (Wildman–Crippen LogP) is 3.34. The van der Waals surface area contributed by atoms with Crippen molar-refractivity contribution >= 4 is 32.8 Å². The van der Waals surface area contributed by atoms with Crippen LogP contribution in [0, 0.1) is 0 Å². The molecule has 1 aromatic carbocycles. The molecular weight excluding hydrogens is 320 g/mol. The Morgan fingerprint density at radius 1 is 1.35 bits per heavy atom. The zero-order chi connectivity index (χ0) is 14.8. The first-order valence-corrected chi connectivity index (χ1v) is 6.84. The van der Waals surface area contributed by atoms with Gasteiger partial charge in [0.05, 0.1) is 13.9 Å². The molecule has 0 radical (unpaired) electrons. The van der Waals surface area contributed by atoms with Gasteiger partial charge in [0.2, 0.25) is 0 Å². The average Bonchev–Trinajstić information content (AvgIpc) is 2.81. The summed E-state index contributed by atoms with van der Waals surface area (Å²) in [5.41, 5.74) is 1.75. The highest BCUT2D eigenvalue weighted by molar-refractivity contribution is 9.10. The van der Waals surface area contributed by atoms with Crippen molar-refractivity contribution in [3.63, 3.8) is 0 Å². The maximum atomic E-state index is 7.77. The molecule has 0 saturated carbocycles. The van der Waals surface area contributed by atoms with E-state index in [0.29, 0.717) is 22.5 Å². The highest BCUT2D eigenvalue weighted by Gasteiger charge is 2.08. The molecule has 20 heavy (non-hydrogen) atoms. The van der Waals surface area contributed by atoms with Crippen molar-refractivity contribution in [3.8, 4) is 5.75 Å². The molecule has 102 valence electrons. The minimum atomic E-state index is 0.290. The van der Waals surface area contributed by atoms with Crippen LogP contribution in [0.2, 0.25) is 0 Å². The monoisotopic (exact) mass is 333 g/mol. The second-order valence-electron chi connectivity index (χ2n) is 4.21. The third-order valence-corrected chi connectivity index (χ3v) is 3.57. The van der Waals surface area contributed by atoms with E-state index in [1.54, 1.807) is 7.11 Å². The molecule has 6 heteroatoms. The summed E-state index contributed by atoms with van der Waals surface area (Å²) >= 11 is 3.39. The number of aromatic nitrogens is 3. The fourth-order valence-corrected chi connectivity index (χ4v) is 2.40. The molecule has 3 aromatic rings. The number of nitrogens with one attached hydrogen (secondary N) is 2. The van der Waals surface area contributed by atoms with Crippen molar-refractivity contribution in [1.29, 1.82) is 0 Å². The van der Waals surface area contributed by atoms with Crippen molar-refractivity contribution < 1.29 is 6.11 Å². The Bertz CT molecular complexity index is 772. The molecule has 2 heterocycles. The molecule has 0 unspecified atom stereocenters. The van der Waals surface area contributed by atoms with Gasteiger partial charge >= 0.3 is 0 Å². The van der Waals surface area contributed by atoms with Crippen LogP contribution in [0.4, 0.5) is 5.82 Å². The number of hydrogen-bond acceptors (Lipinski definition) is 4. The Labute approximate surface area is 125 Å². The van der Waals surface area contributed by atoms with E-state index in [1.807, 2.05) is 24.3 Å². The van der Waals surface area contributed by atoms with E-state index < -0.39 is 0 Å². The van der Waals surface area contributed by atoms with Crippen molar-refractivity contribution in [2.24, 2.45) is 0 Å². The van der Waals surface area contributed by atoms with Crippen LogP contribution in [-0.4, -0.2) is 22.1 Å². The van der Waals surface area contributed by atoms with Crippen molar-refractivity contribution in [3.05, 3.63) is 46.8 Å². The lowest BCUT2D eigenvalue weighted by Gasteiger charge is -2.07. The number of nitrogens with zero attached hydrogens (tertiary/aromatic N) is 2. The first-order chi connectivity index (χ1) is 10.2. The van der Waals surface area contributed by atoms with Gasteiger partial charge in [-0.05, 0) is 33.6 Å². The molecule has 0 atom stereocenters. The zero-order valence-corrected chi connectivity index (χ0v) is 12.4. The van der Waals surface area contributed by atoms with E-state index in [2.05, 4.69) is 36.2 Å². The van der Waals surface area contributed by atoms with E-state index in [9.17, 15) is 0 Å². The van der Waals surface area contributed by atoms with E-state index >= 15 is 0 Å². The second kappa shape index (κ2) is 5.50. The number of hydrogen-bond donors (Lipinski definition) is 2. The quantitative estimate of drug-likeness (QED) is 0.768. The molecule has 0 bridgehead atoms. The minimum Gasteiger partial charge on any atom is -0.497 e. The van der Waals surface area contributed by atoms with E-state index in [1.165, 1.54) is 6.33 Å². The summed E-state index contributed by atoms with van der Waals surface area (Å²) in [6.45, 7) is 0.626. The highest BCUT2D eigenvalue weighted by Crippen LogP contribution is 2.27. The van der Waals surface area contributed by atoms with Crippen LogP contribution in [0.1, 0.15) is 6.93 Å². The lowest BCUT2D eigenvalue weighted by Crippen LogP contribution is -2.02. The maximum Gasteiger partial charge on any atom is 0.144 e. The number of benzene rings is 1. The van der Waals surface area contributed by atoms with Crippen LogP contribution >= 0.6 is 15.9 Å². The molecule has 0 aliphatic carbocycles. The second-order valence-corrected chi connectivity index (χ2v) is 5.00. The van der Waals surface area contributed by atoms with E-state index in [-0.39, 0.29) is 6.17 Å². The Balaban J connectivity index is 1.84. The molecule has 0 spiro atoms. The molecule has 0 amide bonds. The van der Waals surface area contributed by atoms with Crippen LogP contribution < -0.4 is 10.1 Å². The number of anilines is 1. The first kappa shape index (κ1) is 11.7. The van der Waals surface area contributed by atoms with Crippen LogP contribution in [0.15, 0.2) is 41.2 Å². The highest BCUT2D eigenvalue weighted by atomic mass is 79.9. The third-order valence-electron chi connectivity index (χ3n) is 2.98. The average molecular weight is 334 g/mol. The molecule has 2 aromatic heterocycles. The smallest absolute Gasteiger partial charge is 0.144 e. The van der Waals surface area contributed by atoms with Crippen LogP contribution in [0.25, 0.3) is 11.0 Å². The zero-order valence-electron chi connectivity index (χ0n) is 11.8. The van der Waals surface area contributed by atoms with Crippen molar-refractivity contribution in [1.82, 2.24) is 15.0 Å². The summed E-state index contributed by atoms with van der Waals surface area (Å²) in [6.07, 6.45) is 1.76. The Hall–Kier alpha value is -2.08. The molecule has 0 saturated heterocycles. The predicted molar refractivity (Wildman–Crippen MR) is 81.9 cm³/mol. The normalized spacial score (nSPS) is 11.4. The van der Waals surface area contributed by atoms with Gasteiger partial charge in [-0.25, -0.2) is 9.97 Å². The van der Waals surface area contributed by atoms with Crippen molar-refractivity contribution in [2.75, 3.05) is 12.4 Å². The number of aromatic amines is 1. The molecular formula is C14H13BrN4O. The number of rotatable bonds is 4. The number of H-pyrrole nitrogens is 1. The lowest BCUT2D eigenvalue weighted by atomic mass is 10.2. The largest absolute Gasteiger partial charge is 0.497 e. The van der Waals surface area contributed by atoms with Gasteiger partial charge in [-0.1, -0.05) is 12.1 Å². The fourth-order valence-electron chi connectivity index (χ4n) is 1.93. The third kappa shape index (κ3) is 2.46. The Kier molecular flexibility index (Phi) is 3.22. The molecule has 5 nitrogen and oxygen atoms in total. The van der Waals surface area contributed by atoms with Gasteiger partial charge in [0.1, 0.15) is 23.5 Å². The number of fused-ring (bicyclic) bond motifs is 1. The van der Waals surface area contributed by atoms with Gasteiger partial charge in [-0.2, -0.15) is 0 Å². The molecule has 2 N–H and O–H groups in total. The summed E-state index contributed by atoms with van der Waals surface area (Å²) in [6, 6.07) is 7.82. The summed E-state index contributed by atoms with van der Waals surface area (Å²) < 4.78 is 13.6. The summed E-state index contributed by atoms with van der Waals surface area (Å²) in [5.74, 6) is 1.52. The molecule has 3 rings (SSSR count). The van der Waals surface area contributed by atoms with Crippen LogP contribution in [-0.2, 0) is 6.54 Å². The maximum absolute atomic E-state index is 7.77. The minimum absolute atomic E-state index is 0.290. The van der Waals surface area contributed by atoms with Crippen LogP contribution in [0.5, 0.6) is 5.75 Å². The molecule has 0 aliphatic heterocycles. The summed E-state index contributed by atoms with van der Waals surface area (Å²) in [4.78, 5) is 11.3. The Morgan fingerprint density at radius 3 is 2.90 bits per heavy atom. The van der Waals surface area contributed by atoms with Gasteiger partial charge in [-0.15, -0.1) is 0 Å². The van der Waals surface area contributed by atoms with Crippen molar-refractivity contribution in [2.45, 2.75) is 6.54 Å². The van der Waals surface area contributed by atoms with Gasteiger partial charge in [0, 0.05) is 17.2 Å². The van der Waals surface area contributed by atoms with Gasteiger partial charge in [-0.3, -0.25) is 0 Å². The first-order valence-electron chi connectivity index (χ1n) is 6.54. The molecule has 0 aliphatic rings. The lowest BCUT2D eigenvalue weighted by molar-refractivity contribution is 0.414.